The Morgan fingerprint density at radius 2 is 1.83 bits per heavy atom. The molecule has 0 amide bonds. The van der Waals surface area contributed by atoms with Crippen LogP contribution < -0.4 is 0 Å². The molecule has 1 aliphatic rings. The van der Waals surface area contributed by atoms with Crippen molar-refractivity contribution in [2.45, 2.75) is 19.4 Å². The molecule has 1 aromatic heterocycles. The lowest BCUT2D eigenvalue weighted by Crippen LogP contribution is -2.36. The lowest BCUT2D eigenvalue weighted by Gasteiger charge is -2.30. The number of hydrogen-bond acceptors (Lipinski definition) is 3. The summed E-state index contributed by atoms with van der Waals surface area (Å²) in [5.41, 5.74) is 0.317. The van der Waals surface area contributed by atoms with Crippen molar-refractivity contribution in [2.75, 3.05) is 13.1 Å². The quantitative estimate of drug-likeness (QED) is 0.805. The predicted octanol–water partition coefficient (Wildman–Crippen LogP) is 2.93. The Morgan fingerprint density at radius 3 is 2.38 bits per heavy atom. The Hall–Kier alpha value is -2.15. The molecule has 4 nitrogen and oxygen atoms in total. The third-order valence-corrected chi connectivity index (χ3v) is 4.37. The van der Waals surface area contributed by atoms with E-state index >= 15 is 0 Å². The maximum Gasteiger partial charge on any atom is 0.171 e. The van der Waals surface area contributed by atoms with E-state index < -0.39 is 34.7 Å². The highest BCUT2D eigenvalue weighted by Gasteiger charge is 2.30. The van der Waals surface area contributed by atoms with Gasteiger partial charge in [-0.2, -0.15) is 5.10 Å². The average molecular weight is 337 g/mol. The van der Waals surface area contributed by atoms with Crippen LogP contribution in [0.3, 0.4) is 0 Å². The van der Waals surface area contributed by atoms with Gasteiger partial charge in [0.25, 0.3) is 0 Å². The van der Waals surface area contributed by atoms with Gasteiger partial charge in [0.2, 0.25) is 0 Å². The highest BCUT2D eigenvalue weighted by molar-refractivity contribution is 5.98. The molecular weight excluding hydrogens is 319 g/mol. The van der Waals surface area contributed by atoms with Crippen LogP contribution in [0.25, 0.3) is 0 Å². The summed E-state index contributed by atoms with van der Waals surface area (Å²) in [6, 6.07) is 3.03. The maximum absolute atomic E-state index is 13.8. The van der Waals surface area contributed by atoms with E-state index in [1.807, 2.05) is 19.3 Å². The van der Waals surface area contributed by atoms with Gasteiger partial charge in [0.05, 0.1) is 11.3 Å². The van der Waals surface area contributed by atoms with Gasteiger partial charge in [0.1, 0.15) is 17.5 Å². The first-order valence-electron chi connectivity index (χ1n) is 7.83. The van der Waals surface area contributed by atoms with Crippen molar-refractivity contribution in [3.05, 3.63) is 53.1 Å². The standard InChI is InChI=1S/C17H18F3N3O/c1-22-5-4-13(21-22)10-23-6-2-11(3-7-23)17(24)16-14(19)8-12(18)9-15(16)20/h4-5,8-9,11H,2-3,6-7,10H2,1H3. The van der Waals surface area contributed by atoms with Crippen LogP contribution in [0.2, 0.25) is 0 Å². The van der Waals surface area contributed by atoms with Crippen LogP contribution in [0.5, 0.6) is 0 Å². The second-order valence-corrected chi connectivity index (χ2v) is 6.14. The summed E-state index contributed by atoms with van der Waals surface area (Å²) in [7, 11) is 1.85. The van der Waals surface area contributed by atoms with Crippen molar-refractivity contribution < 1.29 is 18.0 Å². The molecule has 0 unspecified atom stereocenters. The Bertz CT molecular complexity index is 728. The zero-order valence-electron chi connectivity index (χ0n) is 13.3. The molecule has 2 aromatic rings. The van der Waals surface area contributed by atoms with Crippen LogP contribution in [0.4, 0.5) is 13.2 Å². The van der Waals surface area contributed by atoms with Crippen LogP contribution >= 0.6 is 0 Å². The zero-order valence-corrected chi connectivity index (χ0v) is 13.3. The fourth-order valence-corrected chi connectivity index (χ4v) is 3.11. The predicted molar refractivity (Wildman–Crippen MR) is 81.9 cm³/mol. The number of piperidine rings is 1. The number of nitrogens with zero attached hydrogens (tertiary/aromatic N) is 3. The van der Waals surface area contributed by atoms with Crippen LogP contribution in [0.1, 0.15) is 28.9 Å². The van der Waals surface area contributed by atoms with E-state index in [-0.39, 0.29) is 0 Å². The largest absolute Gasteiger partial charge is 0.297 e. The number of halogens is 3. The van der Waals surface area contributed by atoms with E-state index in [1.54, 1.807) is 4.68 Å². The number of ketones is 1. The smallest absolute Gasteiger partial charge is 0.171 e. The fraction of sp³-hybridized carbons (Fsp3) is 0.412. The highest BCUT2D eigenvalue weighted by Crippen LogP contribution is 2.26. The number of benzene rings is 1. The number of carbonyl (C=O) groups is 1. The topological polar surface area (TPSA) is 38.1 Å². The number of likely N-dealkylation sites (tertiary alicyclic amines) is 1. The molecule has 1 saturated heterocycles. The van der Waals surface area contributed by atoms with Crippen molar-refractivity contribution in [3.8, 4) is 0 Å². The molecular formula is C17H18F3N3O. The summed E-state index contributed by atoms with van der Waals surface area (Å²) in [4.78, 5) is 14.5. The van der Waals surface area contributed by atoms with Crippen LogP contribution in [0.15, 0.2) is 24.4 Å². The lowest BCUT2D eigenvalue weighted by atomic mass is 9.88. The molecule has 0 N–H and O–H groups in total. The minimum absolute atomic E-state index is 0.445. The van der Waals surface area contributed by atoms with Crippen molar-refractivity contribution in [3.63, 3.8) is 0 Å². The second-order valence-electron chi connectivity index (χ2n) is 6.14. The molecule has 0 spiro atoms. The Balaban J connectivity index is 1.63. The molecule has 0 radical (unpaired) electrons. The summed E-state index contributed by atoms with van der Waals surface area (Å²) in [6.45, 7) is 1.98. The van der Waals surface area contributed by atoms with Gasteiger partial charge in [-0.15, -0.1) is 0 Å². The second kappa shape index (κ2) is 6.76. The monoisotopic (exact) mass is 337 g/mol. The average Bonchev–Trinajstić information content (AvgIpc) is 2.92. The normalized spacial score (nSPS) is 16.5. The minimum Gasteiger partial charge on any atom is -0.297 e. The SMILES string of the molecule is Cn1ccc(CN2CCC(C(=O)c3c(F)cc(F)cc3F)CC2)n1. The van der Waals surface area contributed by atoms with E-state index in [1.165, 1.54) is 0 Å². The van der Waals surface area contributed by atoms with E-state index in [2.05, 4.69) is 10.00 Å². The van der Waals surface area contributed by atoms with Crippen molar-refractivity contribution in [2.24, 2.45) is 13.0 Å². The summed E-state index contributed by atoms with van der Waals surface area (Å²) in [6.07, 6.45) is 2.90. The van der Waals surface area contributed by atoms with Crippen molar-refractivity contribution in [1.29, 1.82) is 0 Å². The summed E-state index contributed by atoms with van der Waals surface area (Å²) >= 11 is 0. The molecule has 1 fully saturated rings. The Kier molecular flexibility index (Phi) is 4.71. The van der Waals surface area contributed by atoms with Gasteiger partial charge in [-0.05, 0) is 32.0 Å². The molecule has 128 valence electrons. The highest BCUT2D eigenvalue weighted by atomic mass is 19.1. The Labute approximate surface area is 137 Å². The van der Waals surface area contributed by atoms with E-state index in [4.69, 9.17) is 0 Å². The van der Waals surface area contributed by atoms with Gasteiger partial charge in [-0.3, -0.25) is 14.4 Å². The molecule has 0 atom stereocenters. The summed E-state index contributed by atoms with van der Waals surface area (Å²) in [5, 5.41) is 4.31. The number of Topliss-reactive ketones (excluding diaryl/α,β-unsaturated/α-hetero) is 1. The van der Waals surface area contributed by atoms with Gasteiger partial charge in [0, 0.05) is 37.8 Å². The van der Waals surface area contributed by atoms with Crippen LogP contribution in [-0.4, -0.2) is 33.6 Å². The van der Waals surface area contributed by atoms with E-state index in [0.717, 1.165) is 5.69 Å². The first kappa shape index (κ1) is 16.7. The van der Waals surface area contributed by atoms with Gasteiger partial charge >= 0.3 is 0 Å². The van der Waals surface area contributed by atoms with Crippen LogP contribution in [0, 0.1) is 23.4 Å². The molecule has 0 saturated carbocycles. The molecule has 7 heteroatoms. The molecule has 3 rings (SSSR count). The number of aromatic nitrogens is 2. The van der Waals surface area contributed by atoms with Gasteiger partial charge in [-0.25, -0.2) is 13.2 Å². The molecule has 0 aliphatic carbocycles. The third-order valence-electron chi connectivity index (χ3n) is 4.37. The van der Waals surface area contributed by atoms with E-state index in [0.29, 0.717) is 44.6 Å². The first-order chi connectivity index (χ1) is 11.4. The van der Waals surface area contributed by atoms with Crippen molar-refractivity contribution >= 4 is 5.78 Å². The summed E-state index contributed by atoms with van der Waals surface area (Å²) in [5.74, 6) is -4.31. The number of hydrogen-bond donors (Lipinski definition) is 0. The Morgan fingerprint density at radius 1 is 1.21 bits per heavy atom. The summed E-state index contributed by atoms with van der Waals surface area (Å²) < 4.78 is 42.2. The van der Waals surface area contributed by atoms with Gasteiger partial charge in [-0.1, -0.05) is 0 Å². The first-order valence-corrected chi connectivity index (χ1v) is 7.83. The molecule has 0 bridgehead atoms. The molecule has 1 aromatic carbocycles. The van der Waals surface area contributed by atoms with Gasteiger partial charge < -0.3 is 0 Å². The number of carbonyl (C=O) groups excluding carboxylic acids is 1. The molecule has 2 heterocycles. The number of rotatable bonds is 4. The zero-order chi connectivity index (χ0) is 17.3. The molecule has 1 aliphatic heterocycles. The minimum atomic E-state index is -1.13. The van der Waals surface area contributed by atoms with Crippen molar-refractivity contribution in [1.82, 2.24) is 14.7 Å². The van der Waals surface area contributed by atoms with E-state index in [9.17, 15) is 18.0 Å². The van der Waals surface area contributed by atoms with Gasteiger partial charge in [0.15, 0.2) is 5.78 Å². The number of aryl methyl sites for hydroxylation is 1. The van der Waals surface area contributed by atoms with Crippen LogP contribution in [-0.2, 0) is 13.6 Å². The third kappa shape index (κ3) is 3.51. The lowest BCUT2D eigenvalue weighted by molar-refractivity contribution is 0.0825. The fourth-order valence-electron chi connectivity index (χ4n) is 3.11. The molecule has 24 heavy (non-hydrogen) atoms. The maximum atomic E-state index is 13.8.